The first-order valence-corrected chi connectivity index (χ1v) is 9.71. The highest BCUT2D eigenvalue weighted by Gasteiger charge is 2.40. The van der Waals surface area contributed by atoms with E-state index < -0.39 is 11.6 Å². The number of ether oxygens (including phenoxy) is 1. The lowest BCUT2D eigenvalue weighted by atomic mass is 9.75. The third-order valence-electron chi connectivity index (χ3n) is 5.93. The molecule has 3 rings (SSSR count). The number of carbonyl (C=O) groups excluding carboxylic acids is 1. The van der Waals surface area contributed by atoms with Crippen LogP contribution in [0.3, 0.4) is 0 Å². The molecule has 0 amide bonds. The highest BCUT2D eigenvalue weighted by molar-refractivity contribution is 5.86. The number of benzene rings is 2. The van der Waals surface area contributed by atoms with E-state index in [4.69, 9.17) is 4.74 Å². The second-order valence-corrected chi connectivity index (χ2v) is 8.40. The SMILES string of the molecule is CC(C)[C@@H]1CC[C@@H](C)C[C@H]1OC(=O)[C@@](C)(O)c1ccc2ccccc2c1. The zero-order valence-corrected chi connectivity index (χ0v) is 16.2. The Morgan fingerprint density at radius 3 is 2.54 bits per heavy atom. The van der Waals surface area contributed by atoms with Crippen LogP contribution < -0.4 is 0 Å². The molecule has 0 bridgehead atoms. The average Bonchev–Trinajstić information content (AvgIpc) is 2.61. The van der Waals surface area contributed by atoms with E-state index in [0.717, 1.165) is 23.6 Å². The summed E-state index contributed by atoms with van der Waals surface area (Å²) in [5.74, 6) is 0.833. The lowest BCUT2D eigenvalue weighted by molar-refractivity contribution is -0.177. The lowest BCUT2D eigenvalue weighted by Crippen LogP contribution is -2.42. The molecule has 1 aliphatic rings. The topological polar surface area (TPSA) is 46.5 Å². The second kappa shape index (κ2) is 7.40. The third-order valence-corrected chi connectivity index (χ3v) is 5.93. The van der Waals surface area contributed by atoms with Crippen LogP contribution in [0, 0.1) is 17.8 Å². The molecule has 1 saturated carbocycles. The lowest BCUT2D eigenvalue weighted by Gasteiger charge is -2.38. The highest BCUT2D eigenvalue weighted by atomic mass is 16.6. The van der Waals surface area contributed by atoms with Crippen LogP contribution in [0.25, 0.3) is 10.8 Å². The van der Waals surface area contributed by atoms with Gasteiger partial charge in [-0.2, -0.15) is 0 Å². The zero-order chi connectivity index (χ0) is 18.9. The quantitative estimate of drug-likeness (QED) is 0.782. The summed E-state index contributed by atoms with van der Waals surface area (Å²) in [5, 5.41) is 13.0. The fourth-order valence-electron chi connectivity index (χ4n) is 4.11. The molecule has 0 heterocycles. The number of hydrogen-bond donors (Lipinski definition) is 1. The first-order chi connectivity index (χ1) is 12.3. The summed E-state index contributed by atoms with van der Waals surface area (Å²) in [4.78, 5) is 12.9. The molecular formula is C23H30O3. The summed E-state index contributed by atoms with van der Waals surface area (Å²) in [5.41, 5.74) is -1.07. The predicted octanol–water partition coefficient (Wildman–Crippen LogP) is 5.05. The molecule has 2 aromatic carbocycles. The van der Waals surface area contributed by atoms with Crippen LogP contribution in [-0.4, -0.2) is 17.2 Å². The summed E-state index contributed by atoms with van der Waals surface area (Å²) in [7, 11) is 0. The van der Waals surface area contributed by atoms with Crippen LogP contribution >= 0.6 is 0 Å². The van der Waals surface area contributed by atoms with Gasteiger partial charge < -0.3 is 9.84 Å². The molecular weight excluding hydrogens is 324 g/mol. The maximum atomic E-state index is 12.9. The van der Waals surface area contributed by atoms with E-state index in [0.29, 0.717) is 23.3 Å². The highest BCUT2D eigenvalue weighted by Crippen LogP contribution is 2.37. The van der Waals surface area contributed by atoms with Gasteiger partial charge in [-0.15, -0.1) is 0 Å². The van der Waals surface area contributed by atoms with Gasteiger partial charge in [0.25, 0.3) is 0 Å². The van der Waals surface area contributed by atoms with E-state index in [9.17, 15) is 9.90 Å². The molecule has 1 aliphatic carbocycles. The van der Waals surface area contributed by atoms with Gasteiger partial charge in [0.1, 0.15) is 6.10 Å². The number of fused-ring (bicyclic) bond motifs is 1. The Labute approximate surface area is 156 Å². The molecule has 0 aliphatic heterocycles. The zero-order valence-electron chi connectivity index (χ0n) is 16.2. The maximum absolute atomic E-state index is 12.9. The number of hydrogen-bond acceptors (Lipinski definition) is 3. The van der Waals surface area contributed by atoms with Gasteiger partial charge in [0.15, 0.2) is 5.60 Å². The van der Waals surface area contributed by atoms with Crippen molar-refractivity contribution in [2.45, 2.75) is 58.7 Å². The van der Waals surface area contributed by atoms with Gasteiger partial charge in [0, 0.05) is 0 Å². The smallest absolute Gasteiger partial charge is 0.342 e. The van der Waals surface area contributed by atoms with Crippen molar-refractivity contribution in [2.24, 2.45) is 17.8 Å². The molecule has 0 spiro atoms. The van der Waals surface area contributed by atoms with Gasteiger partial charge in [-0.1, -0.05) is 63.6 Å². The first kappa shape index (κ1) is 18.9. The van der Waals surface area contributed by atoms with Crippen molar-refractivity contribution in [1.82, 2.24) is 0 Å². The summed E-state index contributed by atoms with van der Waals surface area (Å²) >= 11 is 0. The van der Waals surface area contributed by atoms with Crippen LogP contribution in [0.5, 0.6) is 0 Å². The van der Waals surface area contributed by atoms with Crippen LogP contribution in [-0.2, 0) is 15.1 Å². The molecule has 0 radical (unpaired) electrons. The normalized spacial score (nSPS) is 25.8. The predicted molar refractivity (Wildman–Crippen MR) is 105 cm³/mol. The molecule has 3 heteroatoms. The van der Waals surface area contributed by atoms with E-state index in [-0.39, 0.29) is 6.10 Å². The number of rotatable bonds is 4. The van der Waals surface area contributed by atoms with Crippen molar-refractivity contribution in [2.75, 3.05) is 0 Å². The van der Waals surface area contributed by atoms with Gasteiger partial charge >= 0.3 is 5.97 Å². The number of esters is 1. The minimum atomic E-state index is -1.65. The first-order valence-electron chi connectivity index (χ1n) is 9.71. The van der Waals surface area contributed by atoms with Gasteiger partial charge in [0.2, 0.25) is 0 Å². The molecule has 0 aromatic heterocycles. The van der Waals surface area contributed by atoms with Crippen LogP contribution in [0.1, 0.15) is 52.5 Å². The summed E-state index contributed by atoms with van der Waals surface area (Å²) in [6.07, 6.45) is 3.02. The van der Waals surface area contributed by atoms with Crippen molar-refractivity contribution in [3.05, 3.63) is 48.0 Å². The Morgan fingerprint density at radius 1 is 1.15 bits per heavy atom. The van der Waals surface area contributed by atoms with E-state index in [2.05, 4.69) is 20.8 Å². The number of carbonyl (C=O) groups is 1. The van der Waals surface area contributed by atoms with Gasteiger partial charge in [-0.05, 0) is 59.9 Å². The molecule has 1 N–H and O–H groups in total. The van der Waals surface area contributed by atoms with Crippen molar-refractivity contribution < 1.29 is 14.6 Å². The molecule has 26 heavy (non-hydrogen) atoms. The minimum absolute atomic E-state index is 0.113. The summed E-state index contributed by atoms with van der Waals surface area (Å²) in [6, 6.07) is 13.6. The van der Waals surface area contributed by atoms with E-state index in [1.165, 1.54) is 13.3 Å². The largest absolute Gasteiger partial charge is 0.460 e. The van der Waals surface area contributed by atoms with Crippen molar-refractivity contribution in [3.8, 4) is 0 Å². The van der Waals surface area contributed by atoms with E-state index in [1.54, 1.807) is 0 Å². The van der Waals surface area contributed by atoms with Gasteiger partial charge in [-0.25, -0.2) is 4.79 Å². The van der Waals surface area contributed by atoms with Crippen molar-refractivity contribution >= 4 is 16.7 Å². The molecule has 4 atom stereocenters. The maximum Gasteiger partial charge on any atom is 0.342 e. The minimum Gasteiger partial charge on any atom is -0.460 e. The fourth-order valence-corrected chi connectivity index (χ4v) is 4.11. The van der Waals surface area contributed by atoms with Gasteiger partial charge in [-0.3, -0.25) is 0 Å². The molecule has 140 valence electrons. The Hall–Kier alpha value is -1.87. The standard InChI is InChI=1S/C23H30O3/c1-15(2)20-12-9-16(3)13-21(20)26-22(24)23(4,25)19-11-10-17-7-5-6-8-18(17)14-19/h5-8,10-11,14-16,20-21,25H,9,12-13H2,1-4H3/t16-,20+,21-,23+/m1/s1. The Bertz CT molecular complexity index is 778. The molecule has 1 fully saturated rings. The summed E-state index contributed by atoms with van der Waals surface area (Å²) in [6.45, 7) is 8.11. The van der Waals surface area contributed by atoms with Crippen molar-refractivity contribution in [1.29, 1.82) is 0 Å². The van der Waals surface area contributed by atoms with Crippen LogP contribution in [0.4, 0.5) is 0 Å². The van der Waals surface area contributed by atoms with Crippen molar-refractivity contribution in [3.63, 3.8) is 0 Å². The summed E-state index contributed by atoms with van der Waals surface area (Å²) < 4.78 is 5.88. The van der Waals surface area contributed by atoms with Gasteiger partial charge in [0.05, 0.1) is 0 Å². The molecule has 0 saturated heterocycles. The average molecular weight is 354 g/mol. The molecule has 2 aromatic rings. The Morgan fingerprint density at radius 2 is 1.85 bits per heavy atom. The van der Waals surface area contributed by atoms with Crippen LogP contribution in [0.15, 0.2) is 42.5 Å². The molecule has 0 unspecified atom stereocenters. The van der Waals surface area contributed by atoms with E-state index in [1.807, 2.05) is 42.5 Å². The monoisotopic (exact) mass is 354 g/mol. The third kappa shape index (κ3) is 3.78. The fraction of sp³-hybridized carbons (Fsp3) is 0.522. The van der Waals surface area contributed by atoms with E-state index >= 15 is 0 Å². The second-order valence-electron chi connectivity index (χ2n) is 8.40. The number of aliphatic hydroxyl groups is 1. The Kier molecular flexibility index (Phi) is 5.38. The van der Waals surface area contributed by atoms with Crippen LogP contribution in [0.2, 0.25) is 0 Å². The molecule has 3 nitrogen and oxygen atoms in total. The Balaban J connectivity index is 1.82.